The Labute approximate surface area is 129 Å². The molecule has 3 atom stereocenters. The first kappa shape index (κ1) is 16.9. The Balaban J connectivity index is 1.87. The summed E-state index contributed by atoms with van der Waals surface area (Å²) >= 11 is 0. The molecule has 1 aliphatic carbocycles. The molecule has 3 unspecified atom stereocenters. The molecular formula is C16H29NO3S. The molecule has 2 aliphatic rings. The number of rotatable bonds is 4. The Morgan fingerprint density at radius 3 is 2.43 bits per heavy atom. The SMILES string of the molecule is CC(C)(C)S(=O)(=O)CCC(=O)C1CCC2CCCCC2N1. The lowest BCUT2D eigenvalue weighted by Gasteiger charge is -2.40. The van der Waals surface area contributed by atoms with E-state index in [4.69, 9.17) is 0 Å². The summed E-state index contributed by atoms with van der Waals surface area (Å²) in [5.74, 6) is 0.773. The zero-order valence-corrected chi connectivity index (χ0v) is 14.3. The third-order valence-corrected chi connectivity index (χ3v) is 7.70. The second-order valence-corrected chi connectivity index (χ2v) is 10.5. The van der Waals surface area contributed by atoms with Gasteiger partial charge in [-0.05, 0) is 52.4 Å². The van der Waals surface area contributed by atoms with Crippen LogP contribution in [0.5, 0.6) is 0 Å². The molecule has 0 aromatic heterocycles. The Kier molecular flexibility index (Phi) is 5.14. The molecule has 2 fully saturated rings. The van der Waals surface area contributed by atoms with Crippen molar-refractivity contribution in [2.24, 2.45) is 5.92 Å². The summed E-state index contributed by atoms with van der Waals surface area (Å²) in [7, 11) is -3.20. The maximum absolute atomic E-state index is 12.3. The predicted octanol–water partition coefficient (Wildman–Crippen LogP) is 2.47. The number of nitrogens with one attached hydrogen (secondary N) is 1. The first-order valence-corrected chi connectivity index (χ1v) is 9.87. The average Bonchev–Trinajstić information content (AvgIpc) is 2.43. The van der Waals surface area contributed by atoms with Crippen molar-refractivity contribution in [3.05, 3.63) is 0 Å². The molecule has 1 saturated heterocycles. The lowest BCUT2D eigenvalue weighted by atomic mass is 9.77. The fourth-order valence-electron chi connectivity index (χ4n) is 3.46. The summed E-state index contributed by atoms with van der Waals surface area (Å²) < 4.78 is 23.4. The first-order valence-electron chi connectivity index (χ1n) is 8.22. The van der Waals surface area contributed by atoms with Gasteiger partial charge in [-0.15, -0.1) is 0 Å². The minimum absolute atomic E-state index is 0.0262. The maximum atomic E-state index is 12.3. The van der Waals surface area contributed by atoms with E-state index >= 15 is 0 Å². The van der Waals surface area contributed by atoms with Gasteiger partial charge < -0.3 is 5.32 Å². The van der Waals surface area contributed by atoms with Crippen LogP contribution in [0.15, 0.2) is 0 Å². The largest absolute Gasteiger partial charge is 0.304 e. The number of ketones is 1. The number of fused-ring (bicyclic) bond motifs is 1. The average molecular weight is 315 g/mol. The van der Waals surface area contributed by atoms with Gasteiger partial charge in [0.25, 0.3) is 0 Å². The zero-order valence-electron chi connectivity index (χ0n) is 13.5. The van der Waals surface area contributed by atoms with Crippen LogP contribution in [-0.2, 0) is 14.6 Å². The van der Waals surface area contributed by atoms with E-state index in [1.54, 1.807) is 20.8 Å². The Hall–Kier alpha value is -0.420. The van der Waals surface area contributed by atoms with Crippen molar-refractivity contribution < 1.29 is 13.2 Å². The van der Waals surface area contributed by atoms with Crippen molar-refractivity contribution in [1.82, 2.24) is 5.32 Å². The second-order valence-electron chi connectivity index (χ2n) is 7.60. The fourth-order valence-corrected chi connectivity index (χ4v) is 4.55. The zero-order chi connectivity index (χ0) is 15.7. The molecule has 5 heteroatoms. The second kappa shape index (κ2) is 6.37. The van der Waals surface area contributed by atoms with E-state index in [9.17, 15) is 13.2 Å². The quantitative estimate of drug-likeness (QED) is 0.865. The minimum Gasteiger partial charge on any atom is -0.304 e. The number of piperidine rings is 1. The summed E-state index contributed by atoms with van der Waals surface area (Å²) in [4.78, 5) is 12.3. The lowest BCUT2D eigenvalue weighted by Crippen LogP contribution is -2.52. The highest BCUT2D eigenvalue weighted by Crippen LogP contribution is 2.32. The van der Waals surface area contributed by atoms with Gasteiger partial charge in [0.15, 0.2) is 15.6 Å². The van der Waals surface area contributed by atoms with Gasteiger partial charge in [-0.1, -0.05) is 12.8 Å². The molecule has 21 heavy (non-hydrogen) atoms. The van der Waals surface area contributed by atoms with Crippen LogP contribution in [0.25, 0.3) is 0 Å². The molecule has 0 bridgehead atoms. The molecule has 0 amide bonds. The molecule has 1 aliphatic heterocycles. The molecule has 0 radical (unpaired) electrons. The molecule has 1 heterocycles. The van der Waals surface area contributed by atoms with Gasteiger partial charge in [-0.3, -0.25) is 4.79 Å². The van der Waals surface area contributed by atoms with Gasteiger partial charge in [0, 0.05) is 12.5 Å². The van der Waals surface area contributed by atoms with E-state index in [1.165, 1.54) is 19.3 Å². The normalized spacial score (nSPS) is 30.7. The minimum atomic E-state index is -3.20. The van der Waals surface area contributed by atoms with Crippen LogP contribution in [0.4, 0.5) is 0 Å². The molecule has 1 saturated carbocycles. The molecule has 0 aromatic carbocycles. The highest BCUT2D eigenvalue weighted by atomic mass is 32.2. The topological polar surface area (TPSA) is 63.2 Å². The maximum Gasteiger partial charge on any atom is 0.155 e. The first-order chi connectivity index (χ1) is 9.71. The van der Waals surface area contributed by atoms with Crippen molar-refractivity contribution in [2.45, 2.75) is 82.5 Å². The summed E-state index contributed by atoms with van der Waals surface area (Å²) in [6, 6.07) is 0.347. The molecular weight excluding hydrogens is 286 g/mol. The van der Waals surface area contributed by atoms with E-state index < -0.39 is 14.6 Å². The summed E-state index contributed by atoms with van der Waals surface area (Å²) in [6.07, 6.45) is 7.12. The van der Waals surface area contributed by atoms with Crippen LogP contribution in [-0.4, -0.2) is 36.8 Å². The van der Waals surface area contributed by atoms with Crippen LogP contribution in [0.3, 0.4) is 0 Å². The van der Waals surface area contributed by atoms with Gasteiger partial charge in [-0.25, -0.2) is 8.42 Å². The van der Waals surface area contributed by atoms with Gasteiger partial charge >= 0.3 is 0 Å². The van der Waals surface area contributed by atoms with Crippen LogP contribution in [0, 0.1) is 5.92 Å². The van der Waals surface area contributed by atoms with E-state index in [0.717, 1.165) is 25.2 Å². The standard InChI is InChI=1S/C16H29NO3S/c1-16(2,3)21(19,20)11-10-15(18)14-9-8-12-6-4-5-7-13(12)17-14/h12-14,17H,4-11H2,1-3H3. The van der Waals surface area contributed by atoms with E-state index in [2.05, 4.69) is 5.32 Å². The predicted molar refractivity (Wildman–Crippen MR) is 85.1 cm³/mol. The van der Waals surface area contributed by atoms with Crippen LogP contribution < -0.4 is 5.32 Å². The van der Waals surface area contributed by atoms with E-state index in [0.29, 0.717) is 6.04 Å². The Morgan fingerprint density at radius 2 is 1.76 bits per heavy atom. The smallest absolute Gasteiger partial charge is 0.155 e. The van der Waals surface area contributed by atoms with Crippen molar-refractivity contribution in [3.8, 4) is 0 Å². The van der Waals surface area contributed by atoms with Crippen LogP contribution >= 0.6 is 0 Å². The fraction of sp³-hybridized carbons (Fsp3) is 0.938. The molecule has 122 valence electrons. The number of Topliss-reactive ketones (excluding diaryl/α,β-unsaturated/α-hetero) is 1. The van der Waals surface area contributed by atoms with Crippen LogP contribution in [0.2, 0.25) is 0 Å². The number of carbonyl (C=O) groups excluding carboxylic acids is 1. The summed E-state index contributed by atoms with van der Waals surface area (Å²) in [5.41, 5.74) is 0. The van der Waals surface area contributed by atoms with Crippen LogP contribution in [0.1, 0.15) is 65.7 Å². The van der Waals surface area contributed by atoms with Crippen molar-refractivity contribution in [1.29, 1.82) is 0 Å². The van der Waals surface area contributed by atoms with Gasteiger partial charge in [0.1, 0.15) is 0 Å². The molecule has 0 aromatic rings. The van der Waals surface area contributed by atoms with Crippen molar-refractivity contribution >= 4 is 15.6 Å². The third kappa shape index (κ3) is 4.07. The highest BCUT2D eigenvalue weighted by Gasteiger charge is 2.35. The molecule has 1 N–H and O–H groups in total. The lowest BCUT2D eigenvalue weighted by molar-refractivity contribution is -0.122. The van der Waals surface area contributed by atoms with E-state index in [-0.39, 0.29) is 24.0 Å². The highest BCUT2D eigenvalue weighted by molar-refractivity contribution is 7.92. The Bertz CT molecular complexity index is 478. The molecule has 0 spiro atoms. The van der Waals surface area contributed by atoms with Crippen molar-refractivity contribution in [2.75, 3.05) is 5.75 Å². The molecule has 4 nitrogen and oxygen atoms in total. The summed E-state index contributed by atoms with van der Waals surface area (Å²) in [5, 5.41) is 3.49. The number of carbonyl (C=O) groups is 1. The molecule has 2 rings (SSSR count). The van der Waals surface area contributed by atoms with E-state index in [1.807, 2.05) is 0 Å². The third-order valence-electron chi connectivity index (χ3n) is 5.09. The monoisotopic (exact) mass is 315 g/mol. The number of hydrogen-bond donors (Lipinski definition) is 1. The van der Waals surface area contributed by atoms with Gasteiger partial charge in [0.05, 0.1) is 16.5 Å². The Morgan fingerprint density at radius 1 is 1.10 bits per heavy atom. The number of sulfone groups is 1. The van der Waals surface area contributed by atoms with Gasteiger partial charge in [0.2, 0.25) is 0 Å². The van der Waals surface area contributed by atoms with Gasteiger partial charge in [-0.2, -0.15) is 0 Å². The van der Waals surface area contributed by atoms with Crippen molar-refractivity contribution in [3.63, 3.8) is 0 Å². The number of hydrogen-bond acceptors (Lipinski definition) is 4. The summed E-state index contributed by atoms with van der Waals surface area (Å²) in [6.45, 7) is 5.08.